The number of hydrogen-bond acceptors (Lipinski definition) is 4. The Kier molecular flexibility index (Phi) is 5.68. The highest BCUT2D eigenvalue weighted by molar-refractivity contribution is 7.84. The number of hydrogen-bond donors (Lipinski definition) is 2. The van der Waals surface area contributed by atoms with Crippen LogP contribution in [0.2, 0.25) is 0 Å². The van der Waals surface area contributed by atoms with E-state index in [9.17, 15) is 4.21 Å². The van der Waals surface area contributed by atoms with Crippen LogP contribution in [0.1, 0.15) is 24.6 Å². The normalized spacial score (nSPS) is 13.9. The van der Waals surface area contributed by atoms with Crippen molar-refractivity contribution in [2.75, 3.05) is 17.3 Å². The lowest BCUT2D eigenvalue weighted by Gasteiger charge is -2.15. The molecule has 0 saturated carbocycles. The zero-order chi connectivity index (χ0) is 13.7. The van der Waals surface area contributed by atoms with Gasteiger partial charge in [-0.2, -0.15) is 0 Å². The third kappa shape index (κ3) is 5.10. The zero-order valence-electron chi connectivity index (χ0n) is 10.9. The van der Waals surface area contributed by atoms with Crippen LogP contribution in [0.25, 0.3) is 0 Å². The Labute approximate surface area is 116 Å². The molecule has 4 nitrogen and oxygen atoms in total. The van der Waals surface area contributed by atoms with Crippen molar-refractivity contribution >= 4 is 33.8 Å². The topological polar surface area (TPSA) is 68.0 Å². The number of thiocarbonyl (C=S) groups is 1. The van der Waals surface area contributed by atoms with E-state index in [1.807, 2.05) is 26.0 Å². The summed E-state index contributed by atoms with van der Waals surface area (Å²) in [5, 5.41) is 3.27. The number of aryl methyl sites for hydroxylation is 1. The fraction of sp³-hybridized carbons (Fsp3) is 0.500. The molecule has 1 aromatic rings. The SMILES string of the molecule is Cc1cc(C(N)=S)cc(NC(C)CCS(C)=O)n1. The molecule has 0 aliphatic heterocycles. The van der Waals surface area contributed by atoms with Gasteiger partial charge in [-0.05, 0) is 32.4 Å². The molecule has 0 bridgehead atoms. The number of anilines is 1. The highest BCUT2D eigenvalue weighted by Crippen LogP contribution is 2.12. The van der Waals surface area contributed by atoms with Crippen molar-refractivity contribution in [2.45, 2.75) is 26.3 Å². The summed E-state index contributed by atoms with van der Waals surface area (Å²) in [6.45, 7) is 3.94. The molecule has 6 heteroatoms. The summed E-state index contributed by atoms with van der Waals surface area (Å²) in [4.78, 5) is 4.75. The van der Waals surface area contributed by atoms with Crippen LogP contribution in [0.4, 0.5) is 5.82 Å². The third-order valence-corrected chi connectivity index (χ3v) is 3.52. The van der Waals surface area contributed by atoms with Crippen molar-refractivity contribution in [2.24, 2.45) is 5.73 Å². The van der Waals surface area contributed by atoms with Crippen LogP contribution in [-0.4, -0.2) is 32.2 Å². The maximum Gasteiger partial charge on any atom is 0.127 e. The molecule has 0 aliphatic carbocycles. The van der Waals surface area contributed by atoms with Gasteiger partial charge in [0.1, 0.15) is 10.8 Å². The van der Waals surface area contributed by atoms with Gasteiger partial charge in [0.05, 0.1) is 0 Å². The van der Waals surface area contributed by atoms with Crippen molar-refractivity contribution in [3.63, 3.8) is 0 Å². The van der Waals surface area contributed by atoms with Crippen LogP contribution in [0.15, 0.2) is 12.1 Å². The van der Waals surface area contributed by atoms with Gasteiger partial charge in [0.25, 0.3) is 0 Å². The molecule has 0 saturated heterocycles. The fourth-order valence-electron chi connectivity index (χ4n) is 1.55. The van der Waals surface area contributed by atoms with E-state index in [2.05, 4.69) is 10.3 Å². The molecular formula is C12H19N3OS2. The first-order valence-corrected chi connectivity index (χ1v) is 7.87. The smallest absolute Gasteiger partial charge is 0.127 e. The van der Waals surface area contributed by atoms with Gasteiger partial charge in [-0.3, -0.25) is 4.21 Å². The Morgan fingerprint density at radius 1 is 1.61 bits per heavy atom. The fourth-order valence-corrected chi connectivity index (χ4v) is 2.36. The number of rotatable bonds is 6. The highest BCUT2D eigenvalue weighted by Gasteiger charge is 2.07. The van der Waals surface area contributed by atoms with Gasteiger partial charge in [0.15, 0.2) is 0 Å². The van der Waals surface area contributed by atoms with Gasteiger partial charge in [-0.1, -0.05) is 12.2 Å². The Morgan fingerprint density at radius 3 is 2.83 bits per heavy atom. The molecule has 0 amide bonds. The van der Waals surface area contributed by atoms with E-state index in [-0.39, 0.29) is 6.04 Å². The van der Waals surface area contributed by atoms with E-state index in [4.69, 9.17) is 18.0 Å². The number of pyridine rings is 1. The van der Waals surface area contributed by atoms with Crippen LogP contribution < -0.4 is 11.1 Å². The number of nitrogens with two attached hydrogens (primary N) is 1. The van der Waals surface area contributed by atoms with Gasteiger partial charge in [-0.25, -0.2) is 4.98 Å². The number of nitrogens with one attached hydrogen (secondary N) is 1. The molecule has 0 spiro atoms. The Morgan fingerprint density at radius 2 is 2.28 bits per heavy atom. The molecule has 0 fully saturated rings. The van der Waals surface area contributed by atoms with Crippen LogP contribution >= 0.6 is 12.2 Å². The molecule has 3 N–H and O–H groups in total. The molecule has 1 rings (SSSR count). The number of nitrogens with zero attached hydrogens (tertiary/aromatic N) is 1. The second-order valence-corrected chi connectivity index (χ2v) is 6.35. The minimum atomic E-state index is -0.761. The maximum absolute atomic E-state index is 11.0. The largest absolute Gasteiger partial charge is 0.389 e. The zero-order valence-corrected chi connectivity index (χ0v) is 12.5. The summed E-state index contributed by atoms with van der Waals surface area (Å²) < 4.78 is 11.0. The summed E-state index contributed by atoms with van der Waals surface area (Å²) in [5.74, 6) is 1.44. The van der Waals surface area contributed by atoms with Gasteiger partial charge < -0.3 is 11.1 Å². The molecule has 2 unspecified atom stereocenters. The summed E-state index contributed by atoms with van der Waals surface area (Å²) in [6, 6.07) is 3.91. The summed E-state index contributed by atoms with van der Waals surface area (Å²) in [7, 11) is -0.761. The Hall–Kier alpha value is -1.01. The number of aromatic nitrogens is 1. The molecule has 0 aliphatic rings. The van der Waals surface area contributed by atoms with Crippen molar-refractivity contribution in [3.05, 3.63) is 23.4 Å². The third-order valence-electron chi connectivity index (χ3n) is 2.47. The Bertz CT molecular complexity index is 463. The molecule has 18 heavy (non-hydrogen) atoms. The predicted molar refractivity (Wildman–Crippen MR) is 81.5 cm³/mol. The first-order valence-electron chi connectivity index (χ1n) is 5.73. The molecule has 2 atom stereocenters. The molecule has 100 valence electrons. The van der Waals surface area contributed by atoms with Crippen LogP contribution in [0.3, 0.4) is 0 Å². The molecule has 1 heterocycles. The predicted octanol–water partition coefficient (Wildman–Crippen LogP) is 1.59. The molecular weight excluding hydrogens is 266 g/mol. The van der Waals surface area contributed by atoms with Gasteiger partial charge in [0.2, 0.25) is 0 Å². The monoisotopic (exact) mass is 285 g/mol. The van der Waals surface area contributed by atoms with Crippen molar-refractivity contribution in [1.82, 2.24) is 4.98 Å². The second kappa shape index (κ2) is 6.80. The van der Waals surface area contributed by atoms with Crippen LogP contribution in [0, 0.1) is 6.92 Å². The van der Waals surface area contributed by atoms with Crippen molar-refractivity contribution < 1.29 is 4.21 Å². The van der Waals surface area contributed by atoms with E-state index >= 15 is 0 Å². The van der Waals surface area contributed by atoms with Crippen LogP contribution in [-0.2, 0) is 10.8 Å². The van der Waals surface area contributed by atoms with E-state index in [0.717, 1.165) is 23.5 Å². The van der Waals surface area contributed by atoms with E-state index in [1.165, 1.54) is 0 Å². The van der Waals surface area contributed by atoms with Gasteiger partial charge >= 0.3 is 0 Å². The van der Waals surface area contributed by atoms with Gasteiger partial charge in [0, 0.05) is 40.1 Å². The molecule has 0 aromatic carbocycles. The summed E-state index contributed by atoms with van der Waals surface area (Å²) in [5.41, 5.74) is 7.30. The highest BCUT2D eigenvalue weighted by atomic mass is 32.2. The first-order chi connectivity index (χ1) is 8.38. The molecule has 1 aromatic heterocycles. The summed E-state index contributed by atoms with van der Waals surface area (Å²) >= 11 is 4.96. The van der Waals surface area contributed by atoms with E-state index in [0.29, 0.717) is 10.7 Å². The lowest BCUT2D eigenvalue weighted by molar-refractivity contribution is 0.678. The average molecular weight is 285 g/mol. The Balaban J connectivity index is 2.72. The minimum absolute atomic E-state index is 0.211. The second-order valence-electron chi connectivity index (χ2n) is 4.36. The van der Waals surface area contributed by atoms with E-state index in [1.54, 1.807) is 6.26 Å². The summed E-state index contributed by atoms with van der Waals surface area (Å²) in [6.07, 6.45) is 2.55. The van der Waals surface area contributed by atoms with Crippen molar-refractivity contribution in [1.29, 1.82) is 0 Å². The lowest BCUT2D eigenvalue weighted by Crippen LogP contribution is -2.19. The van der Waals surface area contributed by atoms with Gasteiger partial charge in [-0.15, -0.1) is 0 Å². The van der Waals surface area contributed by atoms with E-state index < -0.39 is 10.8 Å². The minimum Gasteiger partial charge on any atom is -0.389 e. The first kappa shape index (κ1) is 15.0. The average Bonchev–Trinajstić information content (AvgIpc) is 2.25. The van der Waals surface area contributed by atoms with Crippen LogP contribution in [0.5, 0.6) is 0 Å². The van der Waals surface area contributed by atoms with Crippen molar-refractivity contribution in [3.8, 4) is 0 Å². The maximum atomic E-state index is 11.0. The quantitative estimate of drug-likeness (QED) is 0.777. The standard InChI is InChI=1S/C12H19N3OS2/c1-8(4-5-18(3)16)14-11-7-10(12(13)17)6-9(2)15-11/h6-8H,4-5H2,1-3H3,(H2,13,17)(H,14,15). The lowest BCUT2D eigenvalue weighted by atomic mass is 10.2. The molecule has 0 radical (unpaired) electrons.